The van der Waals surface area contributed by atoms with Gasteiger partial charge in [0.1, 0.15) is 5.54 Å². The second-order valence-electron chi connectivity index (χ2n) is 4.89. The third kappa shape index (κ3) is 4.52. The molecule has 0 aromatic heterocycles. The van der Waals surface area contributed by atoms with Gasteiger partial charge in [-0.2, -0.15) is 13.2 Å². The Balaban J connectivity index is 2.88. The summed E-state index contributed by atoms with van der Waals surface area (Å²) in [4.78, 5) is 23.2. The molecular weight excluding hydrogens is 325 g/mol. The predicted octanol–water partition coefficient (Wildman–Crippen LogP) is 3.43. The molecule has 0 saturated heterocycles. The summed E-state index contributed by atoms with van der Waals surface area (Å²) in [5.41, 5.74) is -2.52. The normalized spacial score (nSPS) is 11.8. The Bertz CT molecular complexity index is 588. The van der Waals surface area contributed by atoms with Crippen LogP contribution in [0.4, 0.5) is 23.7 Å². The molecule has 0 bridgehead atoms. The molecule has 1 aromatic carbocycles. The van der Waals surface area contributed by atoms with Gasteiger partial charge in [-0.3, -0.25) is 0 Å². The quantitative estimate of drug-likeness (QED) is 0.830. The van der Waals surface area contributed by atoms with Gasteiger partial charge in [0.2, 0.25) is 0 Å². The molecule has 0 heterocycles. The molecule has 1 aromatic rings. The van der Waals surface area contributed by atoms with Crippen molar-refractivity contribution in [2.75, 3.05) is 12.4 Å². The fraction of sp³-hybridized carbons (Fsp3) is 0.385. The lowest BCUT2D eigenvalue weighted by molar-refractivity contribution is -0.146. The van der Waals surface area contributed by atoms with Gasteiger partial charge in [0.15, 0.2) is 0 Å². The predicted molar refractivity (Wildman–Crippen MR) is 74.7 cm³/mol. The maximum Gasteiger partial charge on any atom is 0.417 e. The van der Waals surface area contributed by atoms with E-state index in [1.54, 1.807) is 0 Å². The number of benzene rings is 1. The Morgan fingerprint density at radius 2 is 1.82 bits per heavy atom. The first-order chi connectivity index (χ1) is 9.97. The summed E-state index contributed by atoms with van der Waals surface area (Å²) in [6.07, 6.45) is -4.64. The van der Waals surface area contributed by atoms with Crippen molar-refractivity contribution in [2.45, 2.75) is 25.6 Å². The van der Waals surface area contributed by atoms with Crippen LogP contribution in [-0.4, -0.2) is 24.6 Å². The zero-order chi connectivity index (χ0) is 17.1. The van der Waals surface area contributed by atoms with Crippen LogP contribution in [0.3, 0.4) is 0 Å². The number of alkyl halides is 3. The second-order valence-corrected chi connectivity index (χ2v) is 5.30. The van der Waals surface area contributed by atoms with E-state index in [1.807, 2.05) is 0 Å². The lowest BCUT2D eigenvalue weighted by atomic mass is 10.1. The number of hydrogen-bond acceptors (Lipinski definition) is 3. The smallest absolute Gasteiger partial charge is 0.417 e. The van der Waals surface area contributed by atoms with E-state index in [4.69, 9.17) is 11.6 Å². The van der Waals surface area contributed by atoms with Crippen molar-refractivity contribution < 1.29 is 27.5 Å². The molecule has 22 heavy (non-hydrogen) atoms. The van der Waals surface area contributed by atoms with Crippen molar-refractivity contribution in [3.8, 4) is 0 Å². The van der Waals surface area contributed by atoms with Crippen molar-refractivity contribution in [1.29, 1.82) is 0 Å². The Labute approximate surface area is 129 Å². The Morgan fingerprint density at radius 1 is 1.23 bits per heavy atom. The van der Waals surface area contributed by atoms with E-state index in [-0.39, 0.29) is 5.69 Å². The fourth-order valence-electron chi connectivity index (χ4n) is 1.57. The number of urea groups is 1. The summed E-state index contributed by atoms with van der Waals surface area (Å²) >= 11 is 5.47. The molecule has 0 aliphatic heterocycles. The maximum absolute atomic E-state index is 12.7. The Kier molecular flexibility index (Phi) is 5.29. The molecule has 0 spiro atoms. The van der Waals surface area contributed by atoms with Crippen LogP contribution in [0.25, 0.3) is 0 Å². The van der Waals surface area contributed by atoms with Gasteiger partial charge in [0.25, 0.3) is 0 Å². The molecule has 1 rings (SSSR count). The molecule has 5 nitrogen and oxygen atoms in total. The van der Waals surface area contributed by atoms with Crippen LogP contribution in [-0.2, 0) is 15.7 Å². The second kappa shape index (κ2) is 6.43. The van der Waals surface area contributed by atoms with Gasteiger partial charge < -0.3 is 15.4 Å². The van der Waals surface area contributed by atoms with E-state index in [0.29, 0.717) is 6.07 Å². The molecule has 0 fully saturated rings. The number of methoxy groups -OCH3 is 1. The van der Waals surface area contributed by atoms with E-state index in [9.17, 15) is 22.8 Å². The molecular formula is C13H14ClF3N2O3. The number of anilines is 1. The fourth-order valence-corrected chi connectivity index (χ4v) is 1.80. The van der Waals surface area contributed by atoms with Gasteiger partial charge in [-0.15, -0.1) is 0 Å². The third-order valence-electron chi connectivity index (χ3n) is 2.65. The lowest BCUT2D eigenvalue weighted by Gasteiger charge is -2.23. The van der Waals surface area contributed by atoms with Gasteiger partial charge in [-0.05, 0) is 32.0 Å². The lowest BCUT2D eigenvalue weighted by Crippen LogP contribution is -2.51. The molecule has 2 N–H and O–H groups in total. The van der Waals surface area contributed by atoms with Crippen molar-refractivity contribution in [1.82, 2.24) is 5.32 Å². The maximum atomic E-state index is 12.7. The molecule has 0 unspecified atom stereocenters. The molecule has 0 atom stereocenters. The zero-order valence-electron chi connectivity index (χ0n) is 12.0. The molecule has 2 amide bonds. The van der Waals surface area contributed by atoms with Crippen LogP contribution in [0.1, 0.15) is 19.4 Å². The van der Waals surface area contributed by atoms with E-state index in [0.717, 1.165) is 13.2 Å². The van der Waals surface area contributed by atoms with E-state index >= 15 is 0 Å². The minimum atomic E-state index is -4.64. The number of carbonyl (C=O) groups is 2. The summed E-state index contributed by atoms with van der Waals surface area (Å²) in [5, 5.41) is 4.01. The van der Waals surface area contributed by atoms with Crippen LogP contribution >= 0.6 is 11.6 Å². The summed E-state index contributed by atoms with van der Waals surface area (Å²) in [6, 6.07) is 2.08. The highest BCUT2D eigenvalue weighted by molar-refractivity contribution is 6.31. The van der Waals surface area contributed by atoms with Crippen molar-refractivity contribution in [3.05, 3.63) is 28.8 Å². The molecule has 0 radical (unpaired) electrons. The van der Waals surface area contributed by atoms with Gasteiger partial charge in [0.05, 0.1) is 17.7 Å². The summed E-state index contributed by atoms with van der Waals surface area (Å²) < 4.78 is 42.6. The highest BCUT2D eigenvalue weighted by Crippen LogP contribution is 2.36. The SMILES string of the molecule is COC(=O)C(C)(C)NC(=O)Nc1ccc(Cl)c(C(F)(F)F)c1. The average Bonchev–Trinajstić information content (AvgIpc) is 2.37. The largest absolute Gasteiger partial charge is 0.467 e. The topological polar surface area (TPSA) is 67.4 Å². The first-order valence-electron chi connectivity index (χ1n) is 6.01. The van der Waals surface area contributed by atoms with E-state index in [1.165, 1.54) is 19.9 Å². The molecule has 9 heteroatoms. The van der Waals surface area contributed by atoms with Crippen molar-refractivity contribution >= 4 is 29.3 Å². The first-order valence-corrected chi connectivity index (χ1v) is 6.39. The number of amides is 2. The molecule has 0 saturated carbocycles. The highest BCUT2D eigenvalue weighted by atomic mass is 35.5. The van der Waals surface area contributed by atoms with Crippen LogP contribution in [0, 0.1) is 0 Å². The van der Waals surface area contributed by atoms with Gasteiger partial charge >= 0.3 is 18.2 Å². The van der Waals surface area contributed by atoms with Gasteiger partial charge in [-0.25, -0.2) is 9.59 Å². The van der Waals surface area contributed by atoms with Crippen molar-refractivity contribution in [3.63, 3.8) is 0 Å². The number of rotatable bonds is 3. The number of ether oxygens (including phenoxy) is 1. The van der Waals surface area contributed by atoms with Crippen LogP contribution in [0.5, 0.6) is 0 Å². The number of hydrogen-bond donors (Lipinski definition) is 2. The van der Waals surface area contributed by atoms with E-state index in [2.05, 4.69) is 15.4 Å². The number of halogens is 4. The van der Waals surface area contributed by atoms with Gasteiger partial charge in [-0.1, -0.05) is 11.6 Å². The zero-order valence-corrected chi connectivity index (χ0v) is 12.7. The van der Waals surface area contributed by atoms with Gasteiger partial charge in [0, 0.05) is 5.69 Å². The number of nitrogens with one attached hydrogen (secondary N) is 2. The average molecular weight is 339 g/mol. The van der Waals surface area contributed by atoms with Crippen LogP contribution < -0.4 is 10.6 Å². The molecule has 0 aliphatic carbocycles. The van der Waals surface area contributed by atoms with Crippen LogP contribution in [0.2, 0.25) is 5.02 Å². The number of esters is 1. The van der Waals surface area contributed by atoms with E-state index < -0.39 is 34.3 Å². The highest BCUT2D eigenvalue weighted by Gasteiger charge is 2.34. The van der Waals surface area contributed by atoms with Crippen molar-refractivity contribution in [2.24, 2.45) is 0 Å². The third-order valence-corrected chi connectivity index (χ3v) is 2.98. The molecule has 0 aliphatic rings. The number of carbonyl (C=O) groups excluding carboxylic acids is 2. The Morgan fingerprint density at radius 3 is 2.32 bits per heavy atom. The standard InChI is InChI=1S/C13H14ClF3N2O3/c1-12(2,10(20)22-3)19-11(21)18-7-4-5-9(14)8(6-7)13(15,16)17/h4-6H,1-3H3,(H2,18,19,21). The monoisotopic (exact) mass is 338 g/mol. The minimum absolute atomic E-state index is 0.116. The van der Waals surface area contributed by atoms with Crippen LogP contribution in [0.15, 0.2) is 18.2 Å². The first kappa shape index (κ1) is 18.1. The summed E-state index contributed by atoms with van der Waals surface area (Å²) in [6.45, 7) is 2.78. The minimum Gasteiger partial charge on any atom is -0.467 e. The molecule has 122 valence electrons. The summed E-state index contributed by atoms with van der Waals surface area (Å²) in [7, 11) is 1.15. The summed E-state index contributed by atoms with van der Waals surface area (Å²) in [5.74, 6) is -0.699. The Hall–Kier alpha value is -1.96.